The zero-order valence-electron chi connectivity index (χ0n) is 21.2. The molecule has 2 aliphatic rings. The summed E-state index contributed by atoms with van der Waals surface area (Å²) in [6.07, 6.45) is -7.44. The van der Waals surface area contributed by atoms with E-state index in [-0.39, 0.29) is 11.9 Å². The van der Waals surface area contributed by atoms with Gasteiger partial charge in [-0.05, 0) is 55.3 Å². The molecule has 12 heteroatoms. The first-order chi connectivity index (χ1) is 18.4. The van der Waals surface area contributed by atoms with Crippen LogP contribution in [0.3, 0.4) is 0 Å². The molecule has 2 saturated heterocycles. The van der Waals surface area contributed by atoms with Gasteiger partial charge in [-0.15, -0.1) is 0 Å². The van der Waals surface area contributed by atoms with Crippen molar-refractivity contribution >= 4 is 17.3 Å². The van der Waals surface area contributed by atoms with Gasteiger partial charge in [0.2, 0.25) is 5.91 Å². The number of benzene rings is 2. The van der Waals surface area contributed by atoms with E-state index in [4.69, 9.17) is 5.26 Å². The van der Waals surface area contributed by atoms with Crippen LogP contribution in [0, 0.1) is 11.3 Å². The van der Waals surface area contributed by atoms with Gasteiger partial charge in [0, 0.05) is 69.7 Å². The van der Waals surface area contributed by atoms with E-state index in [1.54, 1.807) is 11.0 Å². The molecular weight excluding hydrogens is 524 g/mol. The Bertz CT molecular complexity index is 1180. The molecule has 210 valence electrons. The van der Waals surface area contributed by atoms with Gasteiger partial charge in [-0.1, -0.05) is 0 Å². The third-order valence-corrected chi connectivity index (χ3v) is 7.24. The quantitative estimate of drug-likeness (QED) is 0.498. The molecule has 2 aromatic rings. The normalized spacial score (nSPS) is 17.7. The molecule has 6 nitrogen and oxygen atoms in total. The molecule has 0 aromatic heterocycles. The molecule has 2 heterocycles. The highest BCUT2D eigenvalue weighted by molar-refractivity contribution is 5.76. The Morgan fingerprint density at radius 2 is 1.54 bits per heavy atom. The highest BCUT2D eigenvalue weighted by atomic mass is 19.4. The molecular formula is C27H29F6N5O. The van der Waals surface area contributed by atoms with Crippen molar-refractivity contribution < 1.29 is 31.1 Å². The molecule has 4 rings (SSSR count). The van der Waals surface area contributed by atoms with E-state index >= 15 is 0 Å². The molecule has 1 amide bonds. The first-order valence-corrected chi connectivity index (χ1v) is 12.7. The van der Waals surface area contributed by atoms with Crippen LogP contribution in [0.2, 0.25) is 0 Å². The van der Waals surface area contributed by atoms with Crippen molar-refractivity contribution in [2.75, 3.05) is 56.0 Å². The molecule has 2 aliphatic heterocycles. The van der Waals surface area contributed by atoms with Crippen LogP contribution in [0.25, 0.3) is 0 Å². The Morgan fingerprint density at radius 1 is 0.897 bits per heavy atom. The van der Waals surface area contributed by atoms with E-state index in [9.17, 15) is 31.1 Å². The van der Waals surface area contributed by atoms with Crippen LogP contribution >= 0.6 is 0 Å². The third-order valence-electron chi connectivity index (χ3n) is 7.24. The average molecular weight is 554 g/mol. The Labute approximate surface area is 222 Å². The number of likely N-dealkylation sites (tertiary alicyclic amines) is 1. The number of piperazine rings is 1. The lowest BCUT2D eigenvalue weighted by Crippen LogP contribution is -2.48. The van der Waals surface area contributed by atoms with Gasteiger partial charge in [0.25, 0.3) is 0 Å². The number of carbonyl (C=O) groups excluding carboxylic acids is 1. The van der Waals surface area contributed by atoms with Crippen molar-refractivity contribution in [2.45, 2.75) is 37.7 Å². The lowest BCUT2D eigenvalue weighted by atomic mass is 10.0. The van der Waals surface area contributed by atoms with E-state index in [0.717, 1.165) is 30.0 Å². The first-order valence-electron chi connectivity index (χ1n) is 12.7. The molecule has 0 radical (unpaired) electrons. The zero-order chi connectivity index (χ0) is 28.2. The third kappa shape index (κ3) is 7.35. The number of hydrogen-bond acceptors (Lipinski definition) is 5. The van der Waals surface area contributed by atoms with Gasteiger partial charge in [0.15, 0.2) is 0 Å². The monoisotopic (exact) mass is 553 g/mol. The summed E-state index contributed by atoms with van der Waals surface area (Å²) in [7, 11) is 0. The van der Waals surface area contributed by atoms with Crippen LogP contribution in [-0.4, -0.2) is 67.6 Å². The molecule has 2 fully saturated rings. The zero-order valence-corrected chi connectivity index (χ0v) is 21.2. The molecule has 0 spiro atoms. The van der Waals surface area contributed by atoms with Gasteiger partial charge in [0.1, 0.15) is 0 Å². The number of amides is 1. The van der Waals surface area contributed by atoms with Gasteiger partial charge in [-0.3, -0.25) is 9.69 Å². The minimum Gasteiger partial charge on any atom is -0.382 e. The fraction of sp³-hybridized carbons (Fsp3) is 0.481. The Balaban J connectivity index is 1.19. The van der Waals surface area contributed by atoms with Crippen molar-refractivity contribution in [3.63, 3.8) is 0 Å². The SMILES string of the molecule is N#Cc1ccc(NC2CCN(C(=O)CCN3CCN(c4ccc(C(F)(F)F)cc4)CC3)CC2)cc1C(F)(F)F. The summed E-state index contributed by atoms with van der Waals surface area (Å²) in [5.74, 6) is 0.0244. The number of alkyl halides is 6. The van der Waals surface area contributed by atoms with E-state index in [0.29, 0.717) is 70.8 Å². The maximum absolute atomic E-state index is 13.2. The number of hydrogen-bond donors (Lipinski definition) is 1. The average Bonchev–Trinajstić information content (AvgIpc) is 2.91. The lowest BCUT2D eigenvalue weighted by molar-refractivity contribution is -0.138. The topological polar surface area (TPSA) is 62.6 Å². The van der Waals surface area contributed by atoms with Gasteiger partial charge < -0.3 is 15.1 Å². The van der Waals surface area contributed by atoms with Crippen molar-refractivity contribution in [1.82, 2.24) is 9.80 Å². The van der Waals surface area contributed by atoms with Gasteiger partial charge in [0.05, 0.1) is 22.8 Å². The standard InChI is InChI=1S/C27H29F6N5O/c28-26(29,30)20-2-5-23(6-3-20)37-15-13-36(14-16-37)10-9-25(39)38-11-7-21(8-12-38)35-22-4-1-19(18-34)24(17-22)27(31,32)33/h1-6,17,21,35H,7-16H2. The predicted molar refractivity (Wildman–Crippen MR) is 134 cm³/mol. The fourth-order valence-electron chi connectivity index (χ4n) is 4.98. The number of anilines is 2. The fourth-order valence-corrected chi connectivity index (χ4v) is 4.98. The summed E-state index contributed by atoms with van der Waals surface area (Å²) >= 11 is 0. The van der Waals surface area contributed by atoms with Crippen LogP contribution in [0.1, 0.15) is 36.0 Å². The Hall–Kier alpha value is -3.46. The van der Waals surface area contributed by atoms with Crippen LogP contribution < -0.4 is 10.2 Å². The summed E-state index contributed by atoms with van der Waals surface area (Å²) in [5.41, 5.74) is -1.03. The maximum atomic E-state index is 13.2. The highest BCUT2D eigenvalue weighted by Gasteiger charge is 2.34. The smallest absolute Gasteiger partial charge is 0.382 e. The van der Waals surface area contributed by atoms with Crippen molar-refractivity contribution in [3.05, 3.63) is 59.2 Å². The molecule has 0 saturated carbocycles. The largest absolute Gasteiger partial charge is 0.417 e. The Kier molecular flexibility index (Phi) is 8.59. The summed E-state index contributed by atoms with van der Waals surface area (Å²) in [5, 5.41) is 12.0. The summed E-state index contributed by atoms with van der Waals surface area (Å²) in [6.45, 7) is 4.30. The number of carbonyl (C=O) groups is 1. The number of nitrogens with one attached hydrogen (secondary N) is 1. The highest BCUT2D eigenvalue weighted by Crippen LogP contribution is 2.34. The van der Waals surface area contributed by atoms with Crippen LogP contribution in [0.4, 0.5) is 37.7 Å². The summed E-state index contributed by atoms with van der Waals surface area (Å²) in [6, 6.07) is 10.2. The molecule has 0 aliphatic carbocycles. The van der Waals surface area contributed by atoms with Crippen molar-refractivity contribution in [2.24, 2.45) is 0 Å². The number of nitrogens with zero attached hydrogens (tertiary/aromatic N) is 4. The Morgan fingerprint density at radius 3 is 2.10 bits per heavy atom. The van der Waals surface area contributed by atoms with E-state index < -0.39 is 29.0 Å². The maximum Gasteiger partial charge on any atom is 0.417 e. The molecule has 0 bridgehead atoms. The predicted octanol–water partition coefficient (Wildman–Crippen LogP) is 5.21. The van der Waals surface area contributed by atoms with Crippen LogP contribution in [-0.2, 0) is 17.1 Å². The number of nitriles is 1. The van der Waals surface area contributed by atoms with Gasteiger partial charge >= 0.3 is 12.4 Å². The minimum atomic E-state index is -4.62. The molecule has 1 N–H and O–H groups in total. The number of rotatable bonds is 6. The van der Waals surface area contributed by atoms with E-state index in [1.165, 1.54) is 18.2 Å². The molecule has 0 unspecified atom stereocenters. The molecule has 2 aromatic carbocycles. The first kappa shape index (κ1) is 28.5. The van der Waals surface area contributed by atoms with E-state index in [1.807, 2.05) is 4.90 Å². The second-order valence-electron chi connectivity index (χ2n) is 9.79. The number of piperidine rings is 1. The van der Waals surface area contributed by atoms with Gasteiger partial charge in [-0.25, -0.2) is 0 Å². The van der Waals surface area contributed by atoms with Crippen LogP contribution in [0.5, 0.6) is 0 Å². The van der Waals surface area contributed by atoms with Gasteiger partial charge in [-0.2, -0.15) is 31.6 Å². The summed E-state index contributed by atoms with van der Waals surface area (Å²) < 4.78 is 78.0. The second kappa shape index (κ2) is 11.7. The minimum absolute atomic E-state index is 0.0244. The van der Waals surface area contributed by atoms with Crippen LogP contribution in [0.15, 0.2) is 42.5 Å². The van der Waals surface area contributed by atoms with Crippen molar-refractivity contribution in [3.8, 4) is 6.07 Å². The second-order valence-corrected chi connectivity index (χ2v) is 9.79. The molecule has 39 heavy (non-hydrogen) atoms. The van der Waals surface area contributed by atoms with E-state index in [2.05, 4.69) is 10.2 Å². The number of halogens is 6. The summed E-state index contributed by atoms with van der Waals surface area (Å²) in [4.78, 5) is 18.7. The molecule has 0 atom stereocenters. The lowest BCUT2D eigenvalue weighted by Gasteiger charge is -2.37. The van der Waals surface area contributed by atoms with Crippen molar-refractivity contribution in [1.29, 1.82) is 5.26 Å².